The number of allylic oxidation sites excluding steroid dienone is 1. The van der Waals surface area contributed by atoms with Crippen molar-refractivity contribution < 1.29 is 5.21 Å². The molecule has 0 saturated heterocycles. The molecule has 3 nitrogen and oxygen atoms in total. The Labute approximate surface area is 125 Å². The van der Waals surface area contributed by atoms with Crippen LogP contribution in [0.1, 0.15) is 51.1 Å². The number of hydrogen-bond donors (Lipinski definition) is 1. The van der Waals surface area contributed by atoms with Gasteiger partial charge in [-0.15, -0.1) is 0 Å². The van der Waals surface area contributed by atoms with Crippen molar-refractivity contribution >= 4 is 17.0 Å². The Morgan fingerprint density at radius 2 is 1.90 bits per heavy atom. The molecule has 0 saturated carbocycles. The van der Waals surface area contributed by atoms with E-state index in [-0.39, 0.29) is 5.43 Å². The molecule has 0 unspecified atom stereocenters. The highest BCUT2D eigenvalue weighted by Gasteiger charge is 2.05. The molecular weight excluding hydrogens is 262 g/mol. The van der Waals surface area contributed by atoms with Gasteiger partial charge in [-0.2, -0.15) is 4.73 Å². The minimum atomic E-state index is -0.0569. The van der Waals surface area contributed by atoms with Gasteiger partial charge < -0.3 is 5.21 Å². The van der Waals surface area contributed by atoms with Gasteiger partial charge in [-0.1, -0.05) is 50.8 Å². The molecule has 2 rings (SSSR count). The summed E-state index contributed by atoms with van der Waals surface area (Å²) in [4.78, 5) is 12.0. The first-order valence-electron chi connectivity index (χ1n) is 7.74. The largest absolute Gasteiger partial charge is 0.428 e. The van der Waals surface area contributed by atoms with Crippen molar-refractivity contribution in [1.82, 2.24) is 4.73 Å². The van der Waals surface area contributed by atoms with Gasteiger partial charge in [0.2, 0.25) is 0 Å². The van der Waals surface area contributed by atoms with Crippen LogP contribution in [-0.2, 0) is 0 Å². The Kier molecular flexibility index (Phi) is 5.61. The summed E-state index contributed by atoms with van der Waals surface area (Å²) in [7, 11) is 0. The van der Waals surface area contributed by atoms with Crippen LogP contribution in [0.5, 0.6) is 0 Å². The van der Waals surface area contributed by atoms with Gasteiger partial charge in [0.05, 0.1) is 11.2 Å². The fourth-order valence-electron chi connectivity index (χ4n) is 2.47. The van der Waals surface area contributed by atoms with E-state index in [1.54, 1.807) is 18.2 Å². The van der Waals surface area contributed by atoms with Gasteiger partial charge in [0.25, 0.3) is 0 Å². The van der Waals surface area contributed by atoms with Gasteiger partial charge in [0.15, 0.2) is 5.43 Å². The number of aromatic nitrogens is 1. The lowest BCUT2D eigenvalue weighted by Gasteiger charge is -2.07. The lowest BCUT2D eigenvalue weighted by molar-refractivity contribution is 0.196. The first kappa shape index (κ1) is 15.4. The number of pyridine rings is 1. The van der Waals surface area contributed by atoms with Crippen molar-refractivity contribution in [3.05, 3.63) is 52.3 Å². The first-order chi connectivity index (χ1) is 10.2. The summed E-state index contributed by atoms with van der Waals surface area (Å²) in [5.74, 6) is 0. The fraction of sp³-hybridized carbons (Fsp3) is 0.389. The van der Waals surface area contributed by atoms with Crippen LogP contribution in [-0.4, -0.2) is 9.94 Å². The second kappa shape index (κ2) is 7.67. The highest BCUT2D eigenvalue weighted by Crippen LogP contribution is 2.13. The zero-order valence-corrected chi connectivity index (χ0v) is 12.6. The molecule has 2 aromatic rings. The summed E-state index contributed by atoms with van der Waals surface area (Å²) in [6.07, 6.45) is 11.1. The van der Waals surface area contributed by atoms with Crippen molar-refractivity contribution in [2.24, 2.45) is 0 Å². The predicted octanol–water partition coefficient (Wildman–Crippen LogP) is 4.61. The first-order valence-corrected chi connectivity index (χ1v) is 7.74. The van der Waals surface area contributed by atoms with Crippen LogP contribution in [0.4, 0.5) is 0 Å². The quantitative estimate of drug-likeness (QED) is 0.596. The molecule has 1 aromatic carbocycles. The minimum Gasteiger partial charge on any atom is -0.428 e. The molecule has 1 N–H and O–H groups in total. The van der Waals surface area contributed by atoms with Crippen molar-refractivity contribution in [2.75, 3.05) is 0 Å². The van der Waals surface area contributed by atoms with Crippen LogP contribution >= 0.6 is 0 Å². The smallest absolute Gasteiger partial charge is 0.190 e. The van der Waals surface area contributed by atoms with Crippen molar-refractivity contribution in [3.63, 3.8) is 0 Å². The lowest BCUT2D eigenvalue weighted by atomic mass is 10.1. The topological polar surface area (TPSA) is 42.2 Å². The standard InChI is InChI=1S/C18H23NO2/c1-2-3-4-5-6-7-8-11-15-14-18(20)16-12-9-10-13-17(16)19(15)21/h8-14,21H,2-7H2,1H3. The molecule has 3 heteroatoms. The summed E-state index contributed by atoms with van der Waals surface area (Å²) >= 11 is 0. The van der Waals surface area contributed by atoms with E-state index >= 15 is 0 Å². The number of hydrogen-bond acceptors (Lipinski definition) is 2. The molecule has 0 spiro atoms. The molecular formula is C18H23NO2. The summed E-state index contributed by atoms with van der Waals surface area (Å²) in [6, 6.07) is 8.58. The fourth-order valence-corrected chi connectivity index (χ4v) is 2.47. The van der Waals surface area contributed by atoms with E-state index in [4.69, 9.17) is 0 Å². The number of para-hydroxylation sites is 1. The van der Waals surface area contributed by atoms with Gasteiger partial charge in [-0.3, -0.25) is 4.79 Å². The minimum absolute atomic E-state index is 0.0569. The average Bonchev–Trinajstić information content (AvgIpc) is 2.51. The van der Waals surface area contributed by atoms with Crippen LogP contribution < -0.4 is 5.43 Å². The van der Waals surface area contributed by atoms with Crippen molar-refractivity contribution in [2.45, 2.75) is 45.4 Å². The monoisotopic (exact) mass is 285 g/mol. The number of nitrogens with zero attached hydrogens (tertiary/aromatic N) is 1. The third-order valence-corrected chi connectivity index (χ3v) is 3.68. The van der Waals surface area contributed by atoms with Crippen LogP contribution in [0, 0.1) is 0 Å². The molecule has 1 aromatic heterocycles. The number of benzene rings is 1. The van der Waals surface area contributed by atoms with Crippen LogP contribution in [0.3, 0.4) is 0 Å². The Morgan fingerprint density at radius 3 is 2.71 bits per heavy atom. The van der Waals surface area contributed by atoms with E-state index in [2.05, 4.69) is 6.92 Å². The Hall–Kier alpha value is -2.03. The number of rotatable bonds is 7. The summed E-state index contributed by atoms with van der Waals surface area (Å²) in [5.41, 5.74) is 1.03. The molecule has 112 valence electrons. The molecule has 1 heterocycles. The molecule has 0 aliphatic carbocycles. The maximum Gasteiger partial charge on any atom is 0.190 e. The Balaban J connectivity index is 2.05. The van der Waals surface area contributed by atoms with Crippen LogP contribution in [0.15, 0.2) is 41.2 Å². The summed E-state index contributed by atoms with van der Waals surface area (Å²) in [5, 5.41) is 10.7. The molecule has 0 atom stereocenters. The van der Waals surface area contributed by atoms with Crippen molar-refractivity contribution in [3.8, 4) is 0 Å². The van der Waals surface area contributed by atoms with Gasteiger partial charge in [-0.05, 0) is 31.1 Å². The average molecular weight is 285 g/mol. The van der Waals surface area contributed by atoms with E-state index < -0.39 is 0 Å². The lowest BCUT2D eigenvalue weighted by Crippen LogP contribution is -2.09. The second-order valence-corrected chi connectivity index (χ2v) is 5.37. The summed E-state index contributed by atoms with van der Waals surface area (Å²) < 4.78 is 1.09. The predicted molar refractivity (Wildman–Crippen MR) is 87.8 cm³/mol. The van der Waals surface area contributed by atoms with Gasteiger partial charge in [0.1, 0.15) is 0 Å². The SMILES string of the molecule is CCCCCCCC=Cc1cc(=O)c2ccccc2n1O. The number of unbranched alkanes of at least 4 members (excludes halogenated alkanes) is 5. The molecule has 0 fully saturated rings. The maximum atomic E-state index is 12.0. The molecule has 21 heavy (non-hydrogen) atoms. The highest BCUT2D eigenvalue weighted by molar-refractivity contribution is 5.79. The molecule has 0 amide bonds. The van der Waals surface area contributed by atoms with Crippen molar-refractivity contribution in [1.29, 1.82) is 0 Å². The van der Waals surface area contributed by atoms with E-state index in [9.17, 15) is 10.0 Å². The highest BCUT2D eigenvalue weighted by atomic mass is 16.5. The zero-order chi connectivity index (χ0) is 15.1. The zero-order valence-electron chi connectivity index (χ0n) is 12.6. The summed E-state index contributed by atoms with van der Waals surface area (Å²) in [6.45, 7) is 2.21. The molecule has 0 radical (unpaired) electrons. The molecule has 0 aliphatic rings. The van der Waals surface area contributed by atoms with E-state index in [0.29, 0.717) is 16.6 Å². The normalized spacial score (nSPS) is 11.5. The second-order valence-electron chi connectivity index (χ2n) is 5.37. The van der Waals surface area contributed by atoms with E-state index in [0.717, 1.165) is 17.6 Å². The third-order valence-electron chi connectivity index (χ3n) is 3.68. The van der Waals surface area contributed by atoms with Crippen LogP contribution in [0.2, 0.25) is 0 Å². The van der Waals surface area contributed by atoms with E-state index in [1.165, 1.54) is 31.7 Å². The molecule has 0 aliphatic heterocycles. The van der Waals surface area contributed by atoms with Gasteiger partial charge in [-0.25, -0.2) is 0 Å². The maximum absolute atomic E-state index is 12.0. The van der Waals surface area contributed by atoms with Gasteiger partial charge in [0, 0.05) is 11.5 Å². The third kappa shape index (κ3) is 3.97. The van der Waals surface area contributed by atoms with Gasteiger partial charge >= 0.3 is 0 Å². The Bertz CT molecular complexity index is 670. The molecule has 0 bridgehead atoms. The Morgan fingerprint density at radius 1 is 1.14 bits per heavy atom. The van der Waals surface area contributed by atoms with Crippen LogP contribution in [0.25, 0.3) is 17.0 Å². The van der Waals surface area contributed by atoms with E-state index in [1.807, 2.05) is 18.2 Å². The number of fused-ring (bicyclic) bond motifs is 1.